The van der Waals surface area contributed by atoms with Crippen LogP contribution in [0.3, 0.4) is 0 Å². The highest BCUT2D eigenvalue weighted by molar-refractivity contribution is 5.08. The van der Waals surface area contributed by atoms with Crippen LogP contribution in [0.4, 0.5) is 0 Å². The zero-order valence-corrected chi connectivity index (χ0v) is 14.3. The van der Waals surface area contributed by atoms with E-state index < -0.39 is 0 Å². The molecule has 0 amide bonds. The molecular formula is C17H34N2O. The Bertz CT molecular complexity index is 325. The van der Waals surface area contributed by atoms with Gasteiger partial charge in [0.1, 0.15) is 0 Å². The Labute approximate surface area is 125 Å². The minimum atomic E-state index is 0.284. The van der Waals surface area contributed by atoms with Gasteiger partial charge in [-0.25, -0.2) is 0 Å². The maximum Gasteiger partial charge on any atom is 0.0652 e. The van der Waals surface area contributed by atoms with Crippen molar-refractivity contribution in [3.63, 3.8) is 0 Å². The molecule has 2 fully saturated rings. The van der Waals surface area contributed by atoms with Crippen molar-refractivity contribution in [2.45, 2.75) is 84.0 Å². The molecule has 1 heterocycles. The minimum Gasteiger partial charge on any atom is -0.381 e. The summed E-state index contributed by atoms with van der Waals surface area (Å²) in [6, 6.07) is 1.36. The molecule has 20 heavy (non-hydrogen) atoms. The standard InChI is InChI=1S/C17H34N2O/c1-7-13-11-18-17(8-2,9-3)12-19(13)14-10-15(20-6)16(14,4)5/h13-15,18H,7-12H2,1-6H3. The van der Waals surface area contributed by atoms with Gasteiger partial charge in [0, 0.05) is 43.2 Å². The molecule has 1 aliphatic carbocycles. The Morgan fingerprint density at radius 3 is 2.30 bits per heavy atom. The van der Waals surface area contributed by atoms with E-state index in [1.165, 1.54) is 32.2 Å². The molecule has 0 spiro atoms. The van der Waals surface area contributed by atoms with Crippen LogP contribution in [0.1, 0.15) is 60.3 Å². The average Bonchev–Trinajstić information content (AvgIpc) is 2.46. The molecular weight excluding hydrogens is 248 g/mol. The second-order valence-corrected chi connectivity index (χ2v) is 7.40. The van der Waals surface area contributed by atoms with Crippen LogP contribution in [0.15, 0.2) is 0 Å². The lowest BCUT2D eigenvalue weighted by Crippen LogP contribution is -2.72. The summed E-state index contributed by atoms with van der Waals surface area (Å²) in [6.45, 7) is 14.1. The summed E-state index contributed by atoms with van der Waals surface area (Å²) in [4.78, 5) is 2.80. The first-order valence-corrected chi connectivity index (χ1v) is 8.47. The number of rotatable bonds is 5. The van der Waals surface area contributed by atoms with Crippen LogP contribution in [0.5, 0.6) is 0 Å². The zero-order chi connectivity index (χ0) is 15.0. The Hall–Kier alpha value is -0.120. The van der Waals surface area contributed by atoms with Gasteiger partial charge in [0.25, 0.3) is 0 Å². The quantitative estimate of drug-likeness (QED) is 0.839. The lowest BCUT2D eigenvalue weighted by atomic mass is 9.62. The summed E-state index contributed by atoms with van der Waals surface area (Å²) in [5.74, 6) is 0. The number of ether oxygens (including phenoxy) is 1. The molecule has 3 heteroatoms. The van der Waals surface area contributed by atoms with Gasteiger partial charge >= 0.3 is 0 Å². The van der Waals surface area contributed by atoms with Crippen molar-refractivity contribution in [3.8, 4) is 0 Å². The fourth-order valence-corrected chi connectivity index (χ4v) is 4.28. The first-order valence-electron chi connectivity index (χ1n) is 8.47. The van der Waals surface area contributed by atoms with Crippen molar-refractivity contribution < 1.29 is 4.74 Å². The third-order valence-corrected chi connectivity index (χ3v) is 6.30. The second kappa shape index (κ2) is 5.94. The normalized spacial score (nSPS) is 36.6. The van der Waals surface area contributed by atoms with Crippen molar-refractivity contribution in [3.05, 3.63) is 0 Å². The topological polar surface area (TPSA) is 24.5 Å². The number of piperazine rings is 1. The molecule has 0 radical (unpaired) electrons. The Morgan fingerprint density at radius 2 is 1.85 bits per heavy atom. The molecule has 3 atom stereocenters. The number of nitrogens with zero attached hydrogens (tertiary/aromatic N) is 1. The van der Waals surface area contributed by atoms with E-state index in [0.29, 0.717) is 23.7 Å². The van der Waals surface area contributed by atoms with Gasteiger partial charge in [-0.2, -0.15) is 0 Å². The zero-order valence-electron chi connectivity index (χ0n) is 14.3. The van der Waals surface area contributed by atoms with Crippen molar-refractivity contribution >= 4 is 0 Å². The lowest BCUT2D eigenvalue weighted by molar-refractivity contribution is -0.158. The van der Waals surface area contributed by atoms with Crippen molar-refractivity contribution in [2.24, 2.45) is 5.41 Å². The van der Waals surface area contributed by atoms with E-state index >= 15 is 0 Å². The van der Waals surface area contributed by atoms with E-state index in [9.17, 15) is 0 Å². The highest BCUT2D eigenvalue weighted by atomic mass is 16.5. The molecule has 3 nitrogen and oxygen atoms in total. The van der Waals surface area contributed by atoms with Gasteiger partial charge in [0.2, 0.25) is 0 Å². The smallest absolute Gasteiger partial charge is 0.0652 e. The van der Waals surface area contributed by atoms with E-state index in [0.717, 1.165) is 6.54 Å². The largest absolute Gasteiger partial charge is 0.381 e. The van der Waals surface area contributed by atoms with E-state index in [1.54, 1.807) is 0 Å². The lowest BCUT2D eigenvalue weighted by Gasteiger charge is -2.60. The van der Waals surface area contributed by atoms with Gasteiger partial charge in [-0.3, -0.25) is 4.90 Å². The molecule has 3 unspecified atom stereocenters. The summed E-state index contributed by atoms with van der Waals surface area (Å²) < 4.78 is 5.65. The summed E-state index contributed by atoms with van der Waals surface area (Å²) in [5.41, 5.74) is 0.604. The fourth-order valence-electron chi connectivity index (χ4n) is 4.28. The van der Waals surface area contributed by atoms with Crippen LogP contribution in [-0.4, -0.2) is 48.8 Å². The van der Waals surface area contributed by atoms with Crippen LogP contribution in [0, 0.1) is 5.41 Å². The SMILES string of the molecule is CCC1CNC(CC)(CC)CN1C1CC(OC)C1(C)C. The minimum absolute atomic E-state index is 0.284. The summed E-state index contributed by atoms with van der Waals surface area (Å²) in [5, 5.41) is 3.85. The number of hydrogen-bond acceptors (Lipinski definition) is 3. The Balaban J connectivity index is 2.15. The highest BCUT2D eigenvalue weighted by Crippen LogP contribution is 2.47. The summed E-state index contributed by atoms with van der Waals surface area (Å²) >= 11 is 0. The first kappa shape index (κ1) is 16.3. The van der Waals surface area contributed by atoms with E-state index in [2.05, 4.69) is 44.8 Å². The van der Waals surface area contributed by atoms with Gasteiger partial charge in [-0.15, -0.1) is 0 Å². The fraction of sp³-hybridized carbons (Fsp3) is 1.00. The molecule has 0 aromatic rings. The molecule has 1 saturated heterocycles. The molecule has 118 valence electrons. The molecule has 1 saturated carbocycles. The number of hydrogen-bond donors (Lipinski definition) is 1. The van der Waals surface area contributed by atoms with Gasteiger partial charge in [-0.1, -0.05) is 34.6 Å². The predicted octanol–water partition coefficient (Wildman–Crippen LogP) is 3.04. The molecule has 1 N–H and O–H groups in total. The van der Waals surface area contributed by atoms with Gasteiger partial charge in [-0.05, 0) is 25.7 Å². The van der Waals surface area contributed by atoms with Crippen LogP contribution in [0.2, 0.25) is 0 Å². The molecule has 0 aromatic carbocycles. The Morgan fingerprint density at radius 1 is 1.20 bits per heavy atom. The van der Waals surface area contributed by atoms with E-state index in [4.69, 9.17) is 4.74 Å². The van der Waals surface area contributed by atoms with Crippen LogP contribution in [-0.2, 0) is 4.74 Å². The maximum absolute atomic E-state index is 5.65. The Kier molecular flexibility index (Phi) is 4.83. The molecule has 2 rings (SSSR count). The summed E-state index contributed by atoms with van der Waals surface area (Å²) in [7, 11) is 1.86. The first-order chi connectivity index (χ1) is 9.44. The number of methoxy groups -OCH3 is 1. The van der Waals surface area contributed by atoms with Crippen LogP contribution >= 0.6 is 0 Å². The number of nitrogens with one attached hydrogen (secondary N) is 1. The van der Waals surface area contributed by atoms with Crippen LogP contribution in [0.25, 0.3) is 0 Å². The van der Waals surface area contributed by atoms with Gasteiger partial charge < -0.3 is 10.1 Å². The van der Waals surface area contributed by atoms with E-state index in [1.807, 2.05) is 7.11 Å². The van der Waals surface area contributed by atoms with Crippen molar-refractivity contribution in [1.29, 1.82) is 0 Å². The summed E-state index contributed by atoms with van der Waals surface area (Å²) in [6.07, 6.45) is 5.30. The average molecular weight is 282 g/mol. The molecule has 0 aromatic heterocycles. The predicted molar refractivity (Wildman–Crippen MR) is 85.1 cm³/mol. The molecule has 2 aliphatic rings. The van der Waals surface area contributed by atoms with Crippen molar-refractivity contribution in [2.75, 3.05) is 20.2 Å². The third-order valence-electron chi connectivity index (χ3n) is 6.30. The van der Waals surface area contributed by atoms with Crippen molar-refractivity contribution in [1.82, 2.24) is 10.2 Å². The van der Waals surface area contributed by atoms with E-state index in [-0.39, 0.29) is 5.41 Å². The van der Waals surface area contributed by atoms with Gasteiger partial charge in [0.15, 0.2) is 0 Å². The maximum atomic E-state index is 5.65. The molecule has 0 bridgehead atoms. The molecule has 1 aliphatic heterocycles. The third kappa shape index (κ3) is 2.53. The second-order valence-electron chi connectivity index (χ2n) is 7.40. The van der Waals surface area contributed by atoms with Crippen LogP contribution < -0.4 is 5.32 Å². The van der Waals surface area contributed by atoms with Gasteiger partial charge in [0.05, 0.1) is 6.10 Å². The highest BCUT2D eigenvalue weighted by Gasteiger charge is 2.54. The monoisotopic (exact) mass is 282 g/mol.